The third-order valence-electron chi connectivity index (χ3n) is 1.57. The first-order valence-electron chi connectivity index (χ1n) is 3.49. The van der Waals surface area contributed by atoms with Crippen molar-refractivity contribution >= 4 is 20.6 Å². The highest BCUT2D eigenvalue weighted by Gasteiger charge is 2.07. The molecule has 1 rings (SSSR count). The van der Waals surface area contributed by atoms with Crippen molar-refractivity contribution < 1.29 is 9.53 Å². The van der Waals surface area contributed by atoms with E-state index in [1.54, 1.807) is 13.2 Å². The normalized spacial score (nSPS) is 9.58. The number of carbonyl (C=O) groups excluding carboxylic acids is 1. The average Bonchev–Trinajstić information content (AvgIpc) is 2.03. The van der Waals surface area contributed by atoms with Crippen molar-refractivity contribution in [1.82, 2.24) is 0 Å². The van der Waals surface area contributed by atoms with E-state index >= 15 is 0 Å². The molecular weight excluding hydrogens is 220 g/mol. The van der Waals surface area contributed by atoms with Crippen LogP contribution >= 0.6 is 15.9 Å². The molecule has 0 atom stereocenters. The van der Waals surface area contributed by atoms with Crippen LogP contribution in [0.4, 0.5) is 0 Å². The Bertz CT molecular complexity index is 307. The second-order valence-corrected chi connectivity index (χ2v) is 3.20. The maximum atomic E-state index is 11.0. The van der Waals surface area contributed by atoms with Gasteiger partial charge in [0.1, 0.15) is 5.75 Å². The number of methoxy groups -OCH3 is 1. The summed E-state index contributed by atoms with van der Waals surface area (Å²) >= 11 is 2.88. The fraction of sp³-hybridized carbons (Fsp3) is 0.222. The topological polar surface area (TPSA) is 26.3 Å². The lowest BCUT2D eigenvalue weighted by Crippen LogP contribution is -1.94. The minimum Gasteiger partial charge on any atom is -0.496 e. The van der Waals surface area contributed by atoms with E-state index in [-0.39, 0.29) is 4.69 Å². The zero-order valence-electron chi connectivity index (χ0n) is 6.93. The summed E-state index contributed by atoms with van der Waals surface area (Å²) in [4.78, 5) is 11.0. The second-order valence-electron chi connectivity index (χ2n) is 2.48. The van der Waals surface area contributed by atoms with E-state index in [1.165, 1.54) is 0 Å². The SMILES string of the molecule is COc1cc(C)ccc1C(=O)Br. The van der Waals surface area contributed by atoms with Crippen LogP contribution in [0, 0.1) is 6.92 Å². The largest absolute Gasteiger partial charge is 0.496 e. The Labute approximate surface area is 79.7 Å². The van der Waals surface area contributed by atoms with Crippen molar-refractivity contribution in [1.29, 1.82) is 0 Å². The second kappa shape index (κ2) is 3.72. The lowest BCUT2D eigenvalue weighted by molar-refractivity contribution is 0.109. The molecule has 0 amide bonds. The highest BCUT2D eigenvalue weighted by molar-refractivity contribution is 9.18. The van der Waals surface area contributed by atoms with Gasteiger partial charge in [-0.05, 0) is 40.5 Å². The average molecular weight is 229 g/mol. The summed E-state index contributed by atoms with van der Waals surface area (Å²) in [5, 5.41) is 0. The van der Waals surface area contributed by atoms with Crippen molar-refractivity contribution in [2.24, 2.45) is 0 Å². The molecule has 0 aromatic heterocycles. The van der Waals surface area contributed by atoms with Gasteiger partial charge in [0.25, 0.3) is 0 Å². The third kappa shape index (κ3) is 1.85. The van der Waals surface area contributed by atoms with E-state index < -0.39 is 0 Å². The molecule has 0 bridgehead atoms. The number of hydrogen-bond acceptors (Lipinski definition) is 2. The van der Waals surface area contributed by atoms with Gasteiger partial charge in [0.15, 0.2) is 0 Å². The quantitative estimate of drug-likeness (QED) is 0.728. The summed E-state index contributed by atoms with van der Waals surface area (Å²) in [5.74, 6) is 0.608. The Kier molecular flexibility index (Phi) is 2.87. The van der Waals surface area contributed by atoms with Crippen LogP contribution in [0.1, 0.15) is 15.9 Å². The molecule has 0 unspecified atom stereocenters. The molecule has 0 N–H and O–H groups in total. The van der Waals surface area contributed by atoms with Crippen LogP contribution in [0.15, 0.2) is 18.2 Å². The number of carbonyl (C=O) groups is 1. The van der Waals surface area contributed by atoms with Crippen molar-refractivity contribution in [2.45, 2.75) is 6.92 Å². The molecule has 12 heavy (non-hydrogen) atoms. The van der Waals surface area contributed by atoms with E-state index in [1.807, 2.05) is 19.1 Å². The van der Waals surface area contributed by atoms with Gasteiger partial charge in [-0.3, -0.25) is 4.79 Å². The Morgan fingerprint density at radius 3 is 2.67 bits per heavy atom. The van der Waals surface area contributed by atoms with Crippen LogP contribution in [0.2, 0.25) is 0 Å². The fourth-order valence-corrected chi connectivity index (χ4v) is 1.29. The number of hydrogen-bond donors (Lipinski definition) is 0. The molecule has 0 aliphatic carbocycles. The molecule has 2 nitrogen and oxygen atoms in total. The summed E-state index contributed by atoms with van der Waals surface area (Å²) in [7, 11) is 1.55. The van der Waals surface area contributed by atoms with E-state index in [9.17, 15) is 4.79 Å². The fourth-order valence-electron chi connectivity index (χ4n) is 0.961. The summed E-state index contributed by atoms with van der Waals surface area (Å²) in [6, 6.07) is 5.44. The first kappa shape index (κ1) is 9.26. The summed E-state index contributed by atoms with van der Waals surface area (Å²) in [5.41, 5.74) is 1.63. The van der Waals surface area contributed by atoms with Crippen LogP contribution in [0.5, 0.6) is 5.75 Å². The lowest BCUT2D eigenvalue weighted by atomic mass is 10.1. The Morgan fingerprint density at radius 2 is 2.17 bits per heavy atom. The lowest BCUT2D eigenvalue weighted by Gasteiger charge is -2.04. The van der Waals surface area contributed by atoms with E-state index in [0.29, 0.717) is 11.3 Å². The zero-order valence-corrected chi connectivity index (χ0v) is 8.51. The van der Waals surface area contributed by atoms with Crippen LogP contribution in [0.3, 0.4) is 0 Å². The minimum absolute atomic E-state index is 0.153. The van der Waals surface area contributed by atoms with Crippen LogP contribution in [-0.4, -0.2) is 11.8 Å². The zero-order chi connectivity index (χ0) is 9.14. The molecule has 0 saturated carbocycles. The monoisotopic (exact) mass is 228 g/mol. The first-order chi connectivity index (χ1) is 5.65. The smallest absolute Gasteiger partial charge is 0.231 e. The van der Waals surface area contributed by atoms with E-state index in [2.05, 4.69) is 15.9 Å². The molecule has 1 aromatic rings. The summed E-state index contributed by atoms with van der Waals surface area (Å²) in [6.07, 6.45) is 0. The minimum atomic E-state index is -0.153. The highest BCUT2D eigenvalue weighted by Crippen LogP contribution is 2.21. The number of aryl methyl sites for hydroxylation is 1. The number of benzene rings is 1. The number of halogens is 1. The summed E-state index contributed by atoms with van der Waals surface area (Å²) < 4.78 is 4.88. The Balaban J connectivity index is 3.20. The van der Waals surface area contributed by atoms with E-state index in [0.717, 1.165) is 5.56 Å². The van der Waals surface area contributed by atoms with Gasteiger partial charge in [0.05, 0.1) is 12.7 Å². The predicted octanol–water partition coefficient (Wildman–Crippen LogP) is 2.54. The van der Waals surface area contributed by atoms with Crippen molar-refractivity contribution in [3.8, 4) is 5.75 Å². The van der Waals surface area contributed by atoms with E-state index in [4.69, 9.17) is 4.74 Å². The Hall–Kier alpha value is -0.830. The molecular formula is C9H9BrO2. The van der Waals surface area contributed by atoms with Crippen molar-refractivity contribution in [3.63, 3.8) is 0 Å². The van der Waals surface area contributed by atoms with Gasteiger partial charge in [-0.1, -0.05) is 6.07 Å². The molecule has 0 heterocycles. The van der Waals surface area contributed by atoms with Crippen LogP contribution in [0.25, 0.3) is 0 Å². The predicted molar refractivity (Wildman–Crippen MR) is 51.0 cm³/mol. The number of rotatable bonds is 2. The van der Waals surface area contributed by atoms with Crippen molar-refractivity contribution in [2.75, 3.05) is 7.11 Å². The molecule has 0 saturated heterocycles. The van der Waals surface area contributed by atoms with Crippen LogP contribution in [-0.2, 0) is 0 Å². The molecule has 3 heteroatoms. The molecule has 0 aliphatic rings. The molecule has 1 aromatic carbocycles. The third-order valence-corrected chi connectivity index (χ3v) is 2.00. The maximum absolute atomic E-state index is 11.0. The van der Waals surface area contributed by atoms with Gasteiger partial charge in [-0.15, -0.1) is 0 Å². The molecule has 0 radical (unpaired) electrons. The molecule has 0 fully saturated rings. The van der Waals surface area contributed by atoms with Gasteiger partial charge >= 0.3 is 0 Å². The van der Waals surface area contributed by atoms with Crippen molar-refractivity contribution in [3.05, 3.63) is 29.3 Å². The highest BCUT2D eigenvalue weighted by atomic mass is 79.9. The molecule has 64 valence electrons. The van der Waals surface area contributed by atoms with Gasteiger partial charge in [0.2, 0.25) is 4.69 Å². The molecule has 0 spiro atoms. The Morgan fingerprint density at radius 1 is 1.50 bits per heavy atom. The maximum Gasteiger partial charge on any atom is 0.231 e. The van der Waals surface area contributed by atoms with Gasteiger partial charge in [0, 0.05) is 0 Å². The van der Waals surface area contributed by atoms with Gasteiger partial charge < -0.3 is 4.74 Å². The standard InChI is InChI=1S/C9H9BrO2/c1-6-3-4-7(9(10)11)8(5-6)12-2/h3-5H,1-2H3. The first-order valence-corrected chi connectivity index (χ1v) is 4.29. The molecule has 0 aliphatic heterocycles. The van der Waals surface area contributed by atoms with Gasteiger partial charge in [-0.2, -0.15) is 0 Å². The van der Waals surface area contributed by atoms with Crippen LogP contribution < -0.4 is 4.74 Å². The summed E-state index contributed by atoms with van der Waals surface area (Å²) in [6.45, 7) is 1.95. The number of ether oxygens (including phenoxy) is 1. The van der Waals surface area contributed by atoms with Gasteiger partial charge in [-0.25, -0.2) is 0 Å².